The molecule has 0 saturated heterocycles. The van der Waals surface area contributed by atoms with Gasteiger partial charge in [-0.05, 0) is 30.2 Å². The molecular weight excluding hydrogens is 319 g/mol. The number of rotatable bonds is 8. The predicted octanol–water partition coefficient (Wildman–Crippen LogP) is 2.93. The molecule has 0 fully saturated rings. The van der Waals surface area contributed by atoms with Gasteiger partial charge < -0.3 is 5.73 Å². The molecule has 0 aliphatic carbocycles. The molecule has 3 N–H and O–H groups in total. The van der Waals surface area contributed by atoms with Crippen molar-refractivity contribution < 1.29 is 8.42 Å². The third kappa shape index (κ3) is 6.41. The lowest BCUT2D eigenvalue weighted by Crippen LogP contribution is -2.40. The van der Waals surface area contributed by atoms with Gasteiger partial charge in [0.1, 0.15) is 0 Å². The van der Waals surface area contributed by atoms with Gasteiger partial charge in [0.25, 0.3) is 0 Å². The van der Waals surface area contributed by atoms with E-state index in [9.17, 15) is 8.42 Å². The summed E-state index contributed by atoms with van der Waals surface area (Å²) in [7, 11) is -3.46. The monoisotopic (exact) mass is 338 g/mol. The Balaban J connectivity index is 2.73. The van der Waals surface area contributed by atoms with Gasteiger partial charge in [-0.15, -0.1) is 0 Å². The molecule has 7 heteroatoms. The second-order valence-corrected chi connectivity index (χ2v) is 7.36. The van der Waals surface area contributed by atoms with E-state index in [1.54, 1.807) is 18.2 Å². The number of hydrogen-bond acceptors (Lipinski definition) is 3. The first-order valence-corrected chi connectivity index (χ1v) is 8.92. The summed E-state index contributed by atoms with van der Waals surface area (Å²) in [4.78, 5) is 0. The van der Waals surface area contributed by atoms with Crippen LogP contribution in [0, 0.1) is 0 Å². The van der Waals surface area contributed by atoms with E-state index in [-0.39, 0.29) is 18.3 Å². The second-order valence-electron chi connectivity index (χ2n) is 4.73. The predicted molar refractivity (Wildman–Crippen MR) is 84.6 cm³/mol. The van der Waals surface area contributed by atoms with Crippen LogP contribution in [0.5, 0.6) is 0 Å². The summed E-state index contributed by atoms with van der Waals surface area (Å²) in [6.07, 6.45) is 2.68. The molecule has 0 heterocycles. The van der Waals surface area contributed by atoms with Crippen LogP contribution in [0.4, 0.5) is 0 Å². The standard InChI is InChI=1S/C13H20Cl2N2O2S/c1-2-3-4-13(8-16)17-20(18,19)9-10-5-11(14)7-12(15)6-10/h5-7,13,17H,2-4,8-9,16H2,1H3. The van der Waals surface area contributed by atoms with E-state index in [4.69, 9.17) is 28.9 Å². The molecule has 1 unspecified atom stereocenters. The Morgan fingerprint density at radius 2 is 1.85 bits per heavy atom. The highest BCUT2D eigenvalue weighted by molar-refractivity contribution is 7.88. The molecule has 0 amide bonds. The van der Waals surface area contributed by atoms with Crippen LogP contribution in [0.1, 0.15) is 31.7 Å². The van der Waals surface area contributed by atoms with Crippen molar-refractivity contribution in [3.05, 3.63) is 33.8 Å². The van der Waals surface area contributed by atoms with E-state index >= 15 is 0 Å². The topological polar surface area (TPSA) is 72.2 Å². The number of nitrogens with one attached hydrogen (secondary N) is 1. The number of sulfonamides is 1. The minimum atomic E-state index is -3.46. The lowest BCUT2D eigenvalue weighted by molar-refractivity contribution is 0.516. The average Bonchev–Trinajstić information content (AvgIpc) is 2.32. The average molecular weight is 339 g/mol. The largest absolute Gasteiger partial charge is 0.329 e. The molecule has 0 radical (unpaired) electrons. The molecular formula is C13H20Cl2N2O2S. The lowest BCUT2D eigenvalue weighted by atomic mass is 10.1. The maximum atomic E-state index is 12.1. The lowest BCUT2D eigenvalue weighted by Gasteiger charge is -2.16. The minimum Gasteiger partial charge on any atom is -0.329 e. The molecule has 1 rings (SSSR count). The molecule has 114 valence electrons. The molecule has 0 aliphatic rings. The zero-order valence-corrected chi connectivity index (χ0v) is 13.7. The first kappa shape index (κ1) is 17.7. The van der Waals surface area contributed by atoms with Crippen molar-refractivity contribution >= 4 is 33.2 Å². The summed E-state index contributed by atoms with van der Waals surface area (Å²) in [6.45, 7) is 2.34. The van der Waals surface area contributed by atoms with Crippen molar-refractivity contribution in [3.63, 3.8) is 0 Å². The van der Waals surface area contributed by atoms with E-state index in [1.165, 1.54) is 0 Å². The minimum absolute atomic E-state index is 0.157. The third-order valence-electron chi connectivity index (χ3n) is 2.82. The fourth-order valence-corrected chi connectivity index (χ4v) is 3.87. The SMILES string of the molecule is CCCCC(CN)NS(=O)(=O)Cc1cc(Cl)cc(Cl)c1. The van der Waals surface area contributed by atoms with Crippen LogP contribution in [-0.4, -0.2) is 21.0 Å². The van der Waals surface area contributed by atoms with Gasteiger partial charge in [0, 0.05) is 22.6 Å². The van der Waals surface area contributed by atoms with E-state index in [0.717, 1.165) is 19.3 Å². The van der Waals surface area contributed by atoms with Crippen LogP contribution in [0.3, 0.4) is 0 Å². The van der Waals surface area contributed by atoms with Crippen LogP contribution in [-0.2, 0) is 15.8 Å². The summed E-state index contributed by atoms with van der Waals surface area (Å²) in [5.74, 6) is -0.157. The Labute approximate surface area is 130 Å². The fraction of sp³-hybridized carbons (Fsp3) is 0.538. The Kier molecular flexibility index (Phi) is 7.26. The normalized spacial score (nSPS) is 13.4. The Bertz CT molecular complexity index is 515. The van der Waals surface area contributed by atoms with Gasteiger partial charge >= 0.3 is 0 Å². The zero-order chi connectivity index (χ0) is 15.2. The maximum absolute atomic E-state index is 12.1. The molecule has 0 bridgehead atoms. The Morgan fingerprint density at radius 1 is 1.25 bits per heavy atom. The maximum Gasteiger partial charge on any atom is 0.216 e. The Hall–Kier alpha value is -0.330. The highest BCUT2D eigenvalue weighted by atomic mass is 35.5. The molecule has 0 spiro atoms. The number of nitrogens with two attached hydrogens (primary N) is 1. The van der Waals surface area contributed by atoms with Crippen molar-refractivity contribution in [2.75, 3.05) is 6.54 Å². The van der Waals surface area contributed by atoms with Crippen molar-refractivity contribution in [1.82, 2.24) is 4.72 Å². The highest BCUT2D eigenvalue weighted by Crippen LogP contribution is 2.20. The zero-order valence-electron chi connectivity index (χ0n) is 11.4. The van der Waals surface area contributed by atoms with Crippen molar-refractivity contribution in [2.24, 2.45) is 5.73 Å². The molecule has 1 atom stereocenters. The summed E-state index contributed by atoms with van der Waals surface area (Å²) in [5.41, 5.74) is 6.15. The number of hydrogen-bond donors (Lipinski definition) is 2. The van der Waals surface area contributed by atoms with Gasteiger partial charge in [0.05, 0.1) is 5.75 Å². The summed E-state index contributed by atoms with van der Waals surface area (Å²) >= 11 is 11.7. The van der Waals surface area contributed by atoms with Gasteiger partial charge in [0.2, 0.25) is 10.0 Å². The smallest absolute Gasteiger partial charge is 0.216 e. The quantitative estimate of drug-likeness (QED) is 0.765. The molecule has 1 aromatic rings. The van der Waals surface area contributed by atoms with Crippen LogP contribution in [0.25, 0.3) is 0 Å². The third-order valence-corrected chi connectivity index (χ3v) is 4.66. The first-order valence-electron chi connectivity index (χ1n) is 6.51. The van der Waals surface area contributed by atoms with Crippen molar-refractivity contribution in [1.29, 1.82) is 0 Å². The highest BCUT2D eigenvalue weighted by Gasteiger charge is 2.17. The summed E-state index contributed by atoms with van der Waals surface area (Å²) < 4.78 is 26.8. The van der Waals surface area contributed by atoms with Gasteiger partial charge in [0.15, 0.2) is 0 Å². The van der Waals surface area contributed by atoms with Crippen molar-refractivity contribution in [2.45, 2.75) is 38.0 Å². The van der Waals surface area contributed by atoms with Crippen molar-refractivity contribution in [3.8, 4) is 0 Å². The van der Waals surface area contributed by atoms with Crippen LogP contribution < -0.4 is 10.5 Å². The number of unbranched alkanes of at least 4 members (excludes halogenated alkanes) is 1. The molecule has 0 aromatic heterocycles. The van der Waals surface area contributed by atoms with E-state index in [1.807, 2.05) is 0 Å². The molecule has 20 heavy (non-hydrogen) atoms. The number of halogens is 2. The molecule has 0 saturated carbocycles. The fourth-order valence-electron chi connectivity index (χ4n) is 1.88. The Morgan fingerprint density at radius 3 is 2.35 bits per heavy atom. The van der Waals surface area contributed by atoms with Crippen LogP contribution in [0.15, 0.2) is 18.2 Å². The summed E-state index contributed by atoms with van der Waals surface area (Å²) in [6, 6.07) is 4.53. The molecule has 1 aromatic carbocycles. The summed E-state index contributed by atoms with van der Waals surface area (Å²) in [5, 5.41) is 0.841. The van der Waals surface area contributed by atoms with Gasteiger partial charge in [-0.25, -0.2) is 13.1 Å². The van der Waals surface area contributed by atoms with Crippen LogP contribution in [0.2, 0.25) is 10.0 Å². The van der Waals surface area contributed by atoms with Gasteiger partial charge in [-0.1, -0.05) is 43.0 Å². The molecule has 4 nitrogen and oxygen atoms in total. The van der Waals surface area contributed by atoms with Gasteiger partial charge in [-0.2, -0.15) is 0 Å². The first-order chi connectivity index (χ1) is 9.36. The second kappa shape index (κ2) is 8.20. The molecule has 0 aliphatic heterocycles. The number of benzene rings is 1. The van der Waals surface area contributed by atoms with E-state index in [0.29, 0.717) is 15.6 Å². The van der Waals surface area contributed by atoms with Crippen LogP contribution >= 0.6 is 23.2 Å². The van der Waals surface area contributed by atoms with E-state index < -0.39 is 10.0 Å². The van der Waals surface area contributed by atoms with Gasteiger partial charge in [-0.3, -0.25) is 0 Å². The van der Waals surface area contributed by atoms with E-state index in [2.05, 4.69) is 11.6 Å².